The lowest BCUT2D eigenvalue weighted by atomic mass is 10.0. The highest BCUT2D eigenvalue weighted by Crippen LogP contribution is 2.29. The molecule has 1 heterocycles. The van der Waals surface area contributed by atoms with E-state index in [4.69, 9.17) is 14.2 Å². The van der Waals surface area contributed by atoms with E-state index < -0.39 is 17.9 Å². The van der Waals surface area contributed by atoms with Crippen LogP contribution in [0.3, 0.4) is 0 Å². The minimum atomic E-state index is -1.03. The average Bonchev–Trinajstić information content (AvgIpc) is 3.01. The Morgan fingerprint density at radius 2 is 1.83 bits per heavy atom. The fourth-order valence-corrected chi connectivity index (χ4v) is 3.25. The highest BCUT2D eigenvalue weighted by Gasteiger charge is 2.26. The Morgan fingerprint density at radius 3 is 2.40 bits per heavy atom. The number of unbranched alkanes of at least 4 members (excludes halogenated alkanes) is 1. The van der Waals surface area contributed by atoms with E-state index in [0.29, 0.717) is 34.9 Å². The van der Waals surface area contributed by atoms with E-state index in [-0.39, 0.29) is 17.0 Å². The third-order valence-electron chi connectivity index (χ3n) is 4.84. The first-order valence-corrected chi connectivity index (χ1v) is 9.97. The number of Topliss-reactive ketones (excluding diaryl/α,β-unsaturated/α-hetero) is 2. The zero-order valence-electron chi connectivity index (χ0n) is 18.4. The van der Waals surface area contributed by atoms with E-state index in [1.807, 2.05) is 0 Å². The molecule has 0 saturated heterocycles. The SMILES string of the molecule is CCCCOc1ccc(C(=O)O[C@H](C)C(=O)c2[nH]c(C)c(C(C)=O)c2C)cc1OC. The van der Waals surface area contributed by atoms with E-state index >= 15 is 0 Å². The molecule has 0 bridgehead atoms. The van der Waals surface area contributed by atoms with E-state index in [9.17, 15) is 14.4 Å². The van der Waals surface area contributed by atoms with Gasteiger partial charge >= 0.3 is 5.97 Å². The first kappa shape index (κ1) is 23.2. The quantitative estimate of drug-likeness (QED) is 0.350. The summed E-state index contributed by atoms with van der Waals surface area (Å²) in [5.41, 5.74) is 2.18. The molecule has 1 aromatic heterocycles. The summed E-state index contributed by atoms with van der Waals surface area (Å²) in [5, 5.41) is 0. The number of aryl methyl sites for hydroxylation is 1. The van der Waals surface area contributed by atoms with Gasteiger partial charge in [-0.25, -0.2) is 4.79 Å². The predicted octanol–water partition coefficient (Wildman–Crippen LogP) is 4.45. The number of ether oxygens (including phenoxy) is 3. The van der Waals surface area contributed by atoms with Crippen molar-refractivity contribution in [1.29, 1.82) is 0 Å². The van der Waals surface area contributed by atoms with E-state index in [1.54, 1.807) is 26.0 Å². The summed E-state index contributed by atoms with van der Waals surface area (Å²) in [6.07, 6.45) is 0.891. The van der Waals surface area contributed by atoms with Crippen LogP contribution < -0.4 is 9.47 Å². The van der Waals surface area contributed by atoms with E-state index in [1.165, 1.54) is 27.0 Å². The first-order valence-electron chi connectivity index (χ1n) is 9.97. The third kappa shape index (κ3) is 5.09. The molecule has 0 aliphatic carbocycles. The van der Waals surface area contributed by atoms with Gasteiger partial charge in [0.2, 0.25) is 5.78 Å². The van der Waals surface area contributed by atoms with Gasteiger partial charge < -0.3 is 19.2 Å². The summed E-state index contributed by atoms with van der Waals surface area (Å²) < 4.78 is 16.3. The molecule has 2 aromatic rings. The van der Waals surface area contributed by atoms with Crippen molar-refractivity contribution in [2.45, 2.75) is 53.6 Å². The van der Waals surface area contributed by atoms with Crippen LogP contribution in [-0.4, -0.2) is 42.3 Å². The number of ketones is 2. The van der Waals surface area contributed by atoms with Crippen LogP contribution in [0.5, 0.6) is 11.5 Å². The monoisotopic (exact) mass is 415 g/mol. The van der Waals surface area contributed by atoms with Crippen molar-refractivity contribution >= 4 is 17.5 Å². The number of nitrogens with one attached hydrogen (secondary N) is 1. The van der Waals surface area contributed by atoms with Gasteiger partial charge in [-0.1, -0.05) is 13.3 Å². The van der Waals surface area contributed by atoms with Crippen LogP contribution in [0.4, 0.5) is 0 Å². The summed E-state index contributed by atoms with van der Waals surface area (Å²) in [7, 11) is 1.49. The molecule has 0 saturated carbocycles. The Balaban J connectivity index is 2.14. The van der Waals surface area contributed by atoms with Gasteiger partial charge in [0.15, 0.2) is 23.4 Å². The Labute approximate surface area is 176 Å². The van der Waals surface area contributed by atoms with Crippen LogP contribution in [0.15, 0.2) is 18.2 Å². The molecule has 1 aromatic carbocycles. The summed E-state index contributed by atoms with van der Waals surface area (Å²) in [5.74, 6) is -0.217. The van der Waals surface area contributed by atoms with Gasteiger partial charge in [-0.2, -0.15) is 0 Å². The molecule has 1 atom stereocenters. The number of benzene rings is 1. The number of aromatic amines is 1. The molecule has 7 heteroatoms. The highest BCUT2D eigenvalue weighted by atomic mass is 16.5. The molecule has 0 aliphatic heterocycles. The second-order valence-electron chi connectivity index (χ2n) is 7.16. The fraction of sp³-hybridized carbons (Fsp3) is 0.435. The normalized spacial score (nSPS) is 11.7. The summed E-state index contributed by atoms with van der Waals surface area (Å²) >= 11 is 0. The lowest BCUT2D eigenvalue weighted by Crippen LogP contribution is -2.25. The first-order chi connectivity index (χ1) is 14.2. The standard InChI is InChI=1S/C23H29NO6/c1-7-8-11-29-18-10-9-17(12-19(18)28-6)23(27)30-16(5)22(26)21-13(2)20(15(4)25)14(3)24-21/h9-10,12,16,24H,7-8,11H2,1-6H3/t16-/m1/s1. The number of aromatic nitrogens is 1. The molecule has 30 heavy (non-hydrogen) atoms. The van der Waals surface area contributed by atoms with Crippen LogP contribution >= 0.6 is 0 Å². The molecule has 0 aliphatic rings. The van der Waals surface area contributed by atoms with Crippen LogP contribution in [0.1, 0.15) is 76.1 Å². The van der Waals surface area contributed by atoms with Crippen molar-refractivity contribution in [2.75, 3.05) is 13.7 Å². The van der Waals surface area contributed by atoms with E-state index in [0.717, 1.165) is 12.8 Å². The van der Waals surface area contributed by atoms with Gasteiger partial charge in [0.1, 0.15) is 0 Å². The summed E-state index contributed by atoms with van der Waals surface area (Å²) in [6, 6.07) is 4.75. The molecule has 1 N–H and O–H groups in total. The Morgan fingerprint density at radius 1 is 1.13 bits per heavy atom. The van der Waals surface area contributed by atoms with Crippen LogP contribution in [0.2, 0.25) is 0 Å². The predicted molar refractivity (Wildman–Crippen MR) is 113 cm³/mol. The van der Waals surface area contributed by atoms with Gasteiger partial charge in [0.25, 0.3) is 0 Å². The third-order valence-corrected chi connectivity index (χ3v) is 4.84. The van der Waals surface area contributed by atoms with Crippen molar-refractivity contribution in [3.63, 3.8) is 0 Å². The van der Waals surface area contributed by atoms with Gasteiger partial charge in [-0.15, -0.1) is 0 Å². The van der Waals surface area contributed by atoms with Crippen LogP contribution in [0, 0.1) is 13.8 Å². The molecule has 0 radical (unpaired) electrons. The number of hydrogen-bond acceptors (Lipinski definition) is 6. The number of methoxy groups -OCH3 is 1. The minimum absolute atomic E-state index is 0.127. The number of rotatable bonds is 10. The van der Waals surface area contributed by atoms with Crippen molar-refractivity contribution in [3.05, 3.63) is 46.3 Å². The van der Waals surface area contributed by atoms with Gasteiger partial charge in [-0.05, 0) is 57.9 Å². The second-order valence-corrected chi connectivity index (χ2v) is 7.16. The summed E-state index contributed by atoms with van der Waals surface area (Å²) in [6.45, 7) is 9.00. The molecule has 2 rings (SSSR count). The molecule has 0 amide bonds. The van der Waals surface area contributed by atoms with Gasteiger partial charge in [-0.3, -0.25) is 9.59 Å². The lowest BCUT2D eigenvalue weighted by molar-refractivity contribution is 0.0316. The van der Waals surface area contributed by atoms with Crippen LogP contribution in [0.25, 0.3) is 0 Å². The number of carbonyl (C=O) groups is 3. The van der Waals surface area contributed by atoms with Crippen LogP contribution in [-0.2, 0) is 4.74 Å². The maximum absolute atomic E-state index is 12.8. The fourth-order valence-electron chi connectivity index (χ4n) is 3.25. The number of H-pyrrole nitrogens is 1. The molecule has 162 valence electrons. The Hall–Kier alpha value is -3.09. The van der Waals surface area contributed by atoms with Crippen molar-refractivity contribution in [1.82, 2.24) is 4.98 Å². The van der Waals surface area contributed by atoms with Crippen molar-refractivity contribution in [3.8, 4) is 11.5 Å². The molecule has 7 nitrogen and oxygen atoms in total. The Bertz CT molecular complexity index is 943. The van der Waals surface area contributed by atoms with Crippen molar-refractivity contribution in [2.24, 2.45) is 0 Å². The largest absolute Gasteiger partial charge is 0.493 e. The minimum Gasteiger partial charge on any atom is -0.493 e. The zero-order chi connectivity index (χ0) is 22.4. The Kier molecular flexibility index (Phi) is 7.80. The maximum Gasteiger partial charge on any atom is 0.338 e. The highest BCUT2D eigenvalue weighted by molar-refractivity contribution is 6.05. The van der Waals surface area contributed by atoms with Gasteiger partial charge in [0.05, 0.1) is 25.0 Å². The smallest absolute Gasteiger partial charge is 0.338 e. The zero-order valence-corrected chi connectivity index (χ0v) is 18.4. The number of carbonyl (C=O) groups excluding carboxylic acids is 3. The average molecular weight is 415 g/mol. The number of hydrogen-bond donors (Lipinski definition) is 1. The molecule has 0 spiro atoms. The topological polar surface area (TPSA) is 94.7 Å². The van der Waals surface area contributed by atoms with Gasteiger partial charge in [0, 0.05) is 11.3 Å². The molecular weight excluding hydrogens is 386 g/mol. The molecular formula is C23H29NO6. The maximum atomic E-state index is 12.8. The molecule has 0 fully saturated rings. The van der Waals surface area contributed by atoms with Crippen molar-refractivity contribution < 1.29 is 28.6 Å². The number of esters is 1. The lowest BCUT2D eigenvalue weighted by Gasteiger charge is -2.14. The second kappa shape index (κ2) is 10.1. The molecule has 0 unspecified atom stereocenters. The summed E-state index contributed by atoms with van der Waals surface area (Å²) in [4.78, 5) is 40.1. The van der Waals surface area contributed by atoms with E-state index in [2.05, 4.69) is 11.9 Å².